The molecule has 4 nitrogen and oxygen atoms in total. The molecule has 0 spiro atoms. The Morgan fingerprint density at radius 3 is 2.50 bits per heavy atom. The van der Waals surface area contributed by atoms with Crippen LogP contribution < -0.4 is 0 Å². The van der Waals surface area contributed by atoms with E-state index in [9.17, 15) is 9.59 Å². The number of hydrogen-bond donors (Lipinski definition) is 0. The van der Waals surface area contributed by atoms with Crippen molar-refractivity contribution in [2.24, 2.45) is 11.8 Å². The normalized spacial score (nSPS) is 21.6. The Kier molecular flexibility index (Phi) is 4.47. The highest BCUT2D eigenvalue weighted by Gasteiger charge is 2.38. The minimum Gasteiger partial charge on any atom is -0.308 e. The van der Waals surface area contributed by atoms with Gasteiger partial charge in [0, 0.05) is 25.4 Å². The quantitative estimate of drug-likeness (QED) is 0.656. The zero-order valence-electron chi connectivity index (χ0n) is 10.7. The van der Waals surface area contributed by atoms with Crippen molar-refractivity contribution in [3.63, 3.8) is 0 Å². The average Bonchev–Trinajstić information content (AvgIpc) is 2.39. The maximum absolute atomic E-state index is 12.0. The molecule has 1 heterocycles. The standard InChI is InChI=1S/C12H22N2O2/c1-9(2)7-10-8-11(15)14(12(10)16)6-5-13(3)4/h9-10H,5-8H2,1-4H3. The van der Waals surface area contributed by atoms with Gasteiger partial charge in [-0.1, -0.05) is 13.8 Å². The third kappa shape index (κ3) is 3.30. The summed E-state index contributed by atoms with van der Waals surface area (Å²) in [6, 6.07) is 0. The molecule has 0 aromatic rings. The molecule has 0 saturated carbocycles. The second kappa shape index (κ2) is 5.43. The molecule has 0 aromatic heterocycles. The summed E-state index contributed by atoms with van der Waals surface area (Å²) in [7, 11) is 3.88. The highest BCUT2D eigenvalue weighted by atomic mass is 16.2. The molecule has 1 atom stereocenters. The summed E-state index contributed by atoms with van der Waals surface area (Å²) < 4.78 is 0. The number of likely N-dealkylation sites (tertiary alicyclic amines) is 1. The van der Waals surface area contributed by atoms with E-state index in [2.05, 4.69) is 13.8 Å². The van der Waals surface area contributed by atoms with Crippen LogP contribution in [0.3, 0.4) is 0 Å². The first-order chi connectivity index (χ1) is 7.41. The highest BCUT2D eigenvalue weighted by Crippen LogP contribution is 2.25. The minimum atomic E-state index is -0.0744. The minimum absolute atomic E-state index is 0.00231. The van der Waals surface area contributed by atoms with Crippen LogP contribution in [-0.2, 0) is 9.59 Å². The molecular weight excluding hydrogens is 204 g/mol. The Hall–Kier alpha value is -0.900. The second-order valence-corrected chi connectivity index (χ2v) is 5.22. The zero-order valence-corrected chi connectivity index (χ0v) is 10.7. The van der Waals surface area contributed by atoms with E-state index >= 15 is 0 Å². The van der Waals surface area contributed by atoms with Crippen LogP contribution >= 0.6 is 0 Å². The van der Waals surface area contributed by atoms with Crippen molar-refractivity contribution in [2.45, 2.75) is 26.7 Å². The van der Waals surface area contributed by atoms with E-state index < -0.39 is 0 Å². The topological polar surface area (TPSA) is 40.6 Å². The molecule has 1 rings (SSSR count). The van der Waals surface area contributed by atoms with Crippen molar-refractivity contribution < 1.29 is 9.59 Å². The van der Waals surface area contributed by atoms with Crippen molar-refractivity contribution in [3.05, 3.63) is 0 Å². The van der Waals surface area contributed by atoms with E-state index in [-0.39, 0.29) is 17.7 Å². The van der Waals surface area contributed by atoms with Crippen LogP contribution in [0.2, 0.25) is 0 Å². The Morgan fingerprint density at radius 2 is 2.00 bits per heavy atom. The van der Waals surface area contributed by atoms with Gasteiger partial charge >= 0.3 is 0 Å². The fourth-order valence-corrected chi connectivity index (χ4v) is 2.04. The molecule has 4 heteroatoms. The maximum atomic E-state index is 12.0. The lowest BCUT2D eigenvalue weighted by molar-refractivity contribution is -0.139. The smallest absolute Gasteiger partial charge is 0.232 e. The van der Waals surface area contributed by atoms with E-state index in [0.29, 0.717) is 18.9 Å². The maximum Gasteiger partial charge on any atom is 0.232 e. The molecule has 1 aliphatic rings. The molecule has 92 valence electrons. The number of hydrogen-bond acceptors (Lipinski definition) is 3. The van der Waals surface area contributed by atoms with Gasteiger partial charge in [0.1, 0.15) is 0 Å². The fourth-order valence-electron chi connectivity index (χ4n) is 2.04. The molecule has 0 radical (unpaired) electrons. The van der Waals surface area contributed by atoms with E-state index in [1.54, 1.807) is 0 Å². The van der Waals surface area contributed by atoms with Gasteiger partial charge in [-0.15, -0.1) is 0 Å². The number of rotatable bonds is 5. The second-order valence-electron chi connectivity index (χ2n) is 5.22. The number of imide groups is 1. The predicted octanol–water partition coefficient (Wildman–Crippen LogP) is 0.969. The first-order valence-corrected chi connectivity index (χ1v) is 5.90. The fraction of sp³-hybridized carbons (Fsp3) is 0.833. The third-order valence-electron chi connectivity index (χ3n) is 2.86. The number of amides is 2. The molecule has 2 amide bonds. The summed E-state index contributed by atoms with van der Waals surface area (Å²) in [5.41, 5.74) is 0. The van der Waals surface area contributed by atoms with Crippen LogP contribution in [0.1, 0.15) is 26.7 Å². The van der Waals surface area contributed by atoms with Crippen LogP contribution in [-0.4, -0.2) is 48.8 Å². The molecule has 1 saturated heterocycles. The molecular formula is C12H22N2O2. The number of nitrogens with zero attached hydrogens (tertiary/aromatic N) is 2. The zero-order chi connectivity index (χ0) is 12.3. The first-order valence-electron chi connectivity index (χ1n) is 5.90. The Bertz CT molecular complexity index is 274. The van der Waals surface area contributed by atoms with Gasteiger partial charge in [0.05, 0.1) is 0 Å². The Labute approximate surface area is 97.6 Å². The summed E-state index contributed by atoms with van der Waals surface area (Å²) in [5.74, 6) is 0.420. The van der Waals surface area contributed by atoms with E-state index in [1.807, 2.05) is 19.0 Å². The van der Waals surface area contributed by atoms with Gasteiger partial charge in [0.25, 0.3) is 0 Å². The van der Waals surface area contributed by atoms with Crippen LogP contribution in [0.25, 0.3) is 0 Å². The lowest BCUT2D eigenvalue weighted by Crippen LogP contribution is -2.36. The largest absolute Gasteiger partial charge is 0.308 e. The van der Waals surface area contributed by atoms with Crippen molar-refractivity contribution in [1.29, 1.82) is 0 Å². The lowest BCUT2D eigenvalue weighted by Gasteiger charge is -2.18. The molecule has 1 unspecified atom stereocenters. The van der Waals surface area contributed by atoms with E-state index in [4.69, 9.17) is 0 Å². The van der Waals surface area contributed by atoms with Crippen molar-refractivity contribution in [3.8, 4) is 0 Å². The van der Waals surface area contributed by atoms with Gasteiger partial charge in [-0.3, -0.25) is 14.5 Å². The molecule has 1 aliphatic heterocycles. The third-order valence-corrected chi connectivity index (χ3v) is 2.86. The molecule has 0 bridgehead atoms. The van der Waals surface area contributed by atoms with E-state index in [0.717, 1.165) is 13.0 Å². The van der Waals surface area contributed by atoms with Gasteiger partial charge in [-0.2, -0.15) is 0 Å². The van der Waals surface area contributed by atoms with E-state index in [1.165, 1.54) is 4.90 Å². The van der Waals surface area contributed by atoms with Crippen molar-refractivity contribution in [2.75, 3.05) is 27.2 Å². The van der Waals surface area contributed by atoms with Gasteiger partial charge in [0.15, 0.2) is 0 Å². The van der Waals surface area contributed by atoms with Gasteiger partial charge in [-0.05, 0) is 26.4 Å². The lowest BCUT2D eigenvalue weighted by atomic mass is 9.96. The number of carbonyl (C=O) groups excluding carboxylic acids is 2. The average molecular weight is 226 g/mol. The van der Waals surface area contributed by atoms with Crippen LogP contribution in [0.4, 0.5) is 0 Å². The van der Waals surface area contributed by atoms with Crippen LogP contribution in [0.5, 0.6) is 0 Å². The van der Waals surface area contributed by atoms with Gasteiger partial charge in [-0.25, -0.2) is 0 Å². The van der Waals surface area contributed by atoms with Crippen LogP contribution in [0.15, 0.2) is 0 Å². The SMILES string of the molecule is CC(C)CC1CC(=O)N(CCN(C)C)C1=O. The Morgan fingerprint density at radius 1 is 1.38 bits per heavy atom. The number of carbonyl (C=O) groups is 2. The Balaban J connectivity index is 2.53. The summed E-state index contributed by atoms with van der Waals surface area (Å²) in [6.45, 7) is 5.44. The summed E-state index contributed by atoms with van der Waals surface area (Å²) >= 11 is 0. The summed E-state index contributed by atoms with van der Waals surface area (Å²) in [4.78, 5) is 27.0. The summed E-state index contributed by atoms with van der Waals surface area (Å²) in [5, 5.41) is 0. The van der Waals surface area contributed by atoms with Crippen LogP contribution in [0, 0.1) is 11.8 Å². The highest BCUT2D eigenvalue weighted by molar-refractivity contribution is 6.03. The van der Waals surface area contributed by atoms with Gasteiger partial charge in [0.2, 0.25) is 11.8 Å². The molecule has 0 N–H and O–H groups in total. The molecule has 0 aliphatic carbocycles. The van der Waals surface area contributed by atoms with Crippen molar-refractivity contribution >= 4 is 11.8 Å². The molecule has 0 aromatic carbocycles. The first kappa shape index (κ1) is 13.2. The monoisotopic (exact) mass is 226 g/mol. The summed E-state index contributed by atoms with van der Waals surface area (Å²) in [6.07, 6.45) is 1.23. The molecule has 1 fully saturated rings. The molecule has 16 heavy (non-hydrogen) atoms. The van der Waals surface area contributed by atoms with Crippen molar-refractivity contribution in [1.82, 2.24) is 9.80 Å². The van der Waals surface area contributed by atoms with Gasteiger partial charge < -0.3 is 4.90 Å². The number of likely N-dealkylation sites (N-methyl/N-ethyl adjacent to an activating group) is 1. The predicted molar refractivity (Wildman–Crippen MR) is 62.8 cm³/mol.